The van der Waals surface area contributed by atoms with Gasteiger partial charge in [0.2, 0.25) is 0 Å². The van der Waals surface area contributed by atoms with Crippen molar-refractivity contribution in [1.82, 2.24) is 0 Å². The van der Waals surface area contributed by atoms with Crippen LogP contribution in [-0.2, 0) is 4.79 Å². The Bertz CT molecular complexity index is 896. The van der Waals surface area contributed by atoms with E-state index in [-0.39, 0.29) is 12.2 Å². The highest BCUT2D eigenvalue weighted by atomic mass is 16.5. The molecule has 0 unspecified atom stereocenters. The lowest BCUT2D eigenvalue weighted by atomic mass is 10.1. The molecule has 2 aromatic rings. The first-order chi connectivity index (χ1) is 12.9. The Morgan fingerprint density at radius 1 is 1.07 bits per heavy atom. The normalized spacial score (nSPS) is 10.8. The Balaban J connectivity index is 2.06. The largest absolute Gasteiger partial charge is 0.493 e. The highest BCUT2D eigenvalue weighted by Gasteiger charge is 2.09. The third kappa shape index (κ3) is 5.51. The van der Waals surface area contributed by atoms with Crippen molar-refractivity contribution in [1.29, 1.82) is 5.26 Å². The molecule has 0 aliphatic rings. The summed E-state index contributed by atoms with van der Waals surface area (Å²) < 4.78 is 16.7. The second kappa shape index (κ2) is 9.30. The summed E-state index contributed by atoms with van der Waals surface area (Å²) in [7, 11) is 1.52. The van der Waals surface area contributed by atoms with E-state index in [1.165, 1.54) is 13.2 Å². The molecule has 2 rings (SSSR count). The Labute approximate surface area is 158 Å². The third-order valence-corrected chi connectivity index (χ3v) is 3.79. The zero-order chi connectivity index (χ0) is 19.8. The van der Waals surface area contributed by atoms with Crippen LogP contribution in [0.25, 0.3) is 6.08 Å². The standard InChI is InChI=1S/C21H21NO5/c1-14-4-5-15(2)19(10-14)26-8-9-27-20-12-16(6-7-18(20)25-3)11-17(13-22)21(23)24/h4-7,10-12H,8-9H2,1-3H3,(H,23,24). The molecule has 27 heavy (non-hydrogen) atoms. The summed E-state index contributed by atoms with van der Waals surface area (Å²) in [6, 6.07) is 12.6. The number of methoxy groups -OCH3 is 1. The van der Waals surface area contributed by atoms with E-state index in [1.54, 1.807) is 24.3 Å². The number of carboxylic acids is 1. The molecule has 0 saturated carbocycles. The van der Waals surface area contributed by atoms with Gasteiger partial charge in [-0.25, -0.2) is 4.79 Å². The molecule has 0 spiro atoms. The van der Waals surface area contributed by atoms with Gasteiger partial charge < -0.3 is 19.3 Å². The number of nitrogens with zero attached hydrogens (tertiary/aromatic N) is 1. The highest BCUT2D eigenvalue weighted by molar-refractivity contribution is 5.96. The van der Waals surface area contributed by atoms with Gasteiger partial charge in [-0.05, 0) is 54.8 Å². The van der Waals surface area contributed by atoms with Gasteiger partial charge in [-0.2, -0.15) is 5.26 Å². The number of benzene rings is 2. The van der Waals surface area contributed by atoms with Crippen molar-refractivity contribution in [3.63, 3.8) is 0 Å². The molecular weight excluding hydrogens is 346 g/mol. The molecular formula is C21H21NO5. The molecule has 0 bridgehead atoms. The van der Waals surface area contributed by atoms with Gasteiger partial charge in [0.15, 0.2) is 11.5 Å². The van der Waals surface area contributed by atoms with Gasteiger partial charge in [0.1, 0.15) is 30.6 Å². The molecule has 140 valence electrons. The molecule has 6 heteroatoms. The first kappa shape index (κ1) is 19.9. The smallest absolute Gasteiger partial charge is 0.346 e. The molecule has 6 nitrogen and oxygen atoms in total. The number of carboxylic acid groups (broad SMARTS) is 1. The molecule has 2 aromatic carbocycles. The van der Waals surface area contributed by atoms with Gasteiger partial charge in [0.25, 0.3) is 0 Å². The van der Waals surface area contributed by atoms with Crippen molar-refractivity contribution in [3.8, 4) is 23.3 Å². The van der Waals surface area contributed by atoms with Crippen LogP contribution in [0.4, 0.5) is 0 Å². The fourth-order valence-electron chi connectivity index (χ4n) is 2.37. The lowest BCUT2D eigenvalue weighted by Crippen LogP contribution is -2.10. The fraction of sp³-hybridized carbons (Fsp3) is 0.238. The summed E-state index contributed by atoms with van der Waals surface area (Å²) in [4.78, 5) is 11.0. The van der Waals surface area contributed by atoms with Gasteiger partial charge in [-0.15, -0.1) is 0 Å². The topological polar surface area (TPSA) is 88.8 Å². The van der Waals surface area contributed by atoms with Crippen molar-refractivity contribution in [2.24, 2.45) is 0 Å². The number of nitriles is 1. The van der Waals surface area contributed by atoms with Gasteiger partial charge in [-0.1, -0.05) is 18.2 Å². The number of hydrogen-bond donors (Lipinski definition) is 1. The summed E-state index contributed by atoms with van der Waals surface area (Å²) in [5, 5.41) is 17.8. The molecule has 0 radical (unpaired) electrons. The number of carbonyl (C=O) groups is 1. The average Bonchev–Trinajstić information content (AvgIpc) is 2.65. The fourth-order valence-corrected chi connectivity index (χ4v) is 2.37. The van der Waals surface area contributed by atoms with Crippen molar-refractivity contribution >= 4 is 12.0 Å². The predicted octanol–water partition coefficient (Wildman–Crippen LogP) is 3.76. The van der Waals surface area contributed by atoms with E-state index >= 15 is 0 Å². The molecule has 0 aromatic heterocycles. The number of ether oxygens (including phenoxy) is 3. The van der Waals surface area contributed by atoms with Crippen LogP contribution in [0.2, 0.25) is 0 Å². The summed E-state index contributed by atoms with van der Waals surface area (Å²) in [5.74, 6) is 0.478. The molecule has 0 aliphatic heterocycles. The second-order valence-electron chi connectivity index (χ2n) is 5.85. The van der Waals surface area contributed by atoms with Crippen LogP contribution in [0.3, 0.4) is 0 Å². The Kier molecular flexibility index (Phi) is 6.84. The number of rotatable bonds is 8. The maximum absolute atomic E-state index is 11.0. The van der Waals surface area contributed by atoms with Crippen molar-refractivity contribution in [2.75, 3.05) is 20.3 Å². The lowest BCUT2D eigenvalue weighted by molar-refractivity contribution is -0.132. The summed E-state index contributed by atoms with van der Waals surface area (Å²) in [6.45, 7) is 4.59. The van der Waals surface area contributed by atoms with Crippen LogP contribution >= 0.6 is 0 Å². The monoisotopic (exact) mass is 367 g/mol. The molecule has 0 atom stereocenters. The zero-order valence-electron chi connectivity index (χ0n) is 15.5. The third-order valence-electron chi connectivity index (χ3n) is 3.79. The van der Waals surface area contributed by atoms with Gasteiger partial charge in [-0.3, -0.25) is 0 Å². The van der Waals surface area contributed by atoms with Crippen LogP contribution in [0, 0.1) is 25.2 Å². The first-order valence-corrected chi connectivity index (χ1v) is 8.30. The number of hydrogen-bond acceptors (Lipinski definition) is 5. The van der Waals surface area contributed by atoms with Crippen molar-refractivity contribution in [3.05, 3.63) is 58.7 Å². The quantitative estimate of drug-likeness (QED) is 0.434. The number of aliphatic carboxylic acids is 1. The van der Waals surface area contributed by atoms with Crippen molar-refractivity contribution in [2.45, 2.75) is 13.8 Å². The SMILES string of the molecule is COc1ccc(C=C(C#N)C(=O)O)cc1OCCOc1cc(C)ccc1C. The van der Waals surface area contributed by atoms with Gasteiger partial charge >= 0.3 is 5.97 Å². The summed E-state index contributed by atoms with van der Waals surface area (Å²) >= 11 is 0. The second-order valence-corrected chi connectivity index (χ2v) is 5.85. The highest BCUT2D eigenvalue weighted by Crippen LogP contribution is 2.29. The minimum absolute atomic E-state index is 0.279. The Hall–Kier alpha value is -3.46. The summed E-state index contributed by atoms with van der Waals surface area (Å²) in [6.07, 6.45) is 1.28. The van der Waals surface area contributed by atoms with Gasteiger partial charge in [0.05, 0.1) is 7.11 Å². The molecule has 0 fully saturated rings. The molecule has 0 aliphatic carbocycles. The zero-order valence-corrected chi connectivity index (χ0v) is 15.5. The lowest BCUT2D eigenvalue weighted by Gasteiger charge is -2.13. The molecule has 0 saturated heterocycles. The van der Waals surface area contributed by atoms with Crippen LogP contribution in [-0.4, -0.2) is 31.4 Å². The van der Waals surface area contributed by atoms with E-state index in [0.29, 0.717) is 23.7 Å². The molecule has 0 heterocycles. The van der Waals surface area contributed by atoms with E-state index in [1.807, 2.05) is 32.0 Å². The molecule has 0 amide bonds. The van der Waals surface area contributed by atoms with E-state index in [4.69, 9.17) is 24.6 Å². The minimum Gasteiger partial charge on any atom is -0.493 e. The van der Waals surface area contributed by atoms with Crippen LogP contribution < -0.4 is 14.2 Å². The average molecular weight is 367 g/mol. The molecule has 1 N–H and O–H groups in total. The van der Waals surface area contributed by atoms with Gasteiger partial charge in [0, 0.05) is 0 Å². The Morgan fingerprint density at radius 2 is 1.78 bits per heavy atom. The van der Waals surface area contributed by atoms with Crippen LogP contribution in [0.15, 0.2) is 42.0 Å². The Morgan fingerprint density at radius 3 is 2.41 bits per heavy atom. The maximum Gasteiger partial charge on any atom is 0.346 e. The van der Waals surface area contributed by atoms with Crippen LogP contribution in [0.5, 0.6) is 17.2 Å². The van der Waals surface area contributed by atoms with E-state index < -0.39 is 5.97 Å². The first-order valence-electron chi connectivity index (χ1n) is 8.30. The minimum atomic E-state index is -1.28. The van der Waals surface area contributed by atoms with Crippen molar-refractivity contribution < 1.29 is 24.1 Å². The number of aryl methyl sites for hydroxylation is 2. The van der Waals surface area contributed by atoms with E-state index in [9.17, 15) is 4.79 Å². The maximum atomic E-state index is 11.0. The summed E-state index contributed by atoms with van der Waals surface area (Å²) in [5.41, 5.74) is 2.33. The van der Waals surface area contributed by atoms with E-state index in [0.717, 1.165) is 16.9 Å². The predicted molar refractivity (Wildman–Crippen MR) is 101 cm³/mol. The van der Waals surface area contributed by atoms with Crippen LogP contribution in [0.1, 0.15) is 16.7 Å². The van der Waals surface area contributed by atoms with E-state index in [2.05, 4.69) is 0 Å².